The molecule has 0 aromatic heterocycles. The van der Waals surface area contributed by atoms with Gasteiger partial charge in [-0.1, -0.05) is 5.16 Å². The Morgan fingerprint density at radius 3 is 2.71 bits per heavy atom. The number of rotatable bonds is 1. The first-order chi connectivity index (χ1) is 6.56. The van der Waals surface area contributed by atoms with E-state index in [0.717, 1.165) is 12.8 Å². The van der Waals surface area contributed by atoms with Crippen LogP contribution in [0.3, 0.4) is 0 Å². The van der Waals surface area contributed by atoms with Crippen molar-refractivity contribution in [2.75, 3.05) is 6.54 Å². The molecule has 2 atom stereocenters. The quantitative estimate of drug-likeness (QED) is 0.249. The highest BCUT2D eigenvalue weighted by Crippen LogP contribution is 2.21. The van der Waals surface area contributed by atoms with Gasteiger partial charge in [0.25, 0.3) is 0 Å². The predicted octanol–water partition coefficient (Wildman–Crippen LogP) is 0.511. The summed E-state index contributed by atoms with van der Waals surface area (Å²) >= 11 is 0. The zero-order valence-corrected chi connectivity index (χ0v) is 8.05. The van der Waals surface area contributed by atoms with Crippen LogP contribution in [0.1, 0.15) is 19.8 Å². The third kappa shape index (κ3) is 2.07. The number of amidine groups is 1. The van der Waals surface area contributed by atoms with E-state index in [1.807, 2.05) is 6.92 Å². The molecule has 0 spiro atoms. The third-order valence-corrected chi connectivity index (χ3v) is 2.66. The molecule has 6 heteroatoms. The fourth-order valence-electron chi connectivity index (χ4n) is 1.70. The fraction of sp³-hybridized carbons (Fsp3) is 0.750. The van der Waals surface area contributed by atoms with Crippen LogP contribution in [0.2, 0.25) is 0 Å². The maximum Gasteiger partial charge on any atom is 0.407 e. The molecule has 2 unspecified atom stereocenters. The first-order valence-corrected chi connectivity index (χ1v) is 4.53. The molecule has 0 radical (unpaired) electrons. The van der Waals surface area contributed by atoms with Crippen molar-refractivity contribution >= 4 is 11.9 Å². The van der Waals surface area contributed by atoms with Gasteiger partial charge in [0.1, 0.15) is 5.84 Å². The van der Waals surface area contributed by atoms with Crippen LogP contribution in [0.15, 0.2) is 5.16 Å². The van der Waals surface area contributed by atoms with Gasteiger partial charge in [-0.25, -0.2) is 4.79 Å². The molecular formula is C8H15N3O3. The summed E-state index contributed by atoms with van der Waals surface area (Å²) in [6.07, 6.45) is 0.557. The van der Waals surface area contributed by atoms with E-state index in [-0.39, 0.29) is 17.8 Å². The Balaban J connectivity index is 2.67. The molecule has 1 amide bonds. The predicted molar refractivity (Wildman–Crippen MR) is 50.3 cm³/mol. The van der Waals surface area contributed by atoms with E-state index < -0.39 is 6.09 Å². The van der Waals surface area contributed by atoms with Crippen LogP contribution in [0.4, 0.5) is 4.79 Å². The number of likely N-dealkylation sites (tertiary alicyclic amines) is 1. The third-order valence-electron chi connectivity index (χ3n) is 2.66. The zero-order chi connectivity index (χ0) is 10.7. The van der Waals surface area contributed by atoms with Crippen LogP contribution in [0.25, 0.3) is 0 Å². The Bertz CT molecular complexity index is 254. The SMILES string of the molecule is CC1CCC(/C(N)=N/O)CN1C(=O)O. The van der Waals surface area contributed by atoms with Gasteiger partial charge in [-0.05, 0) is 19.8 Å². The van der Waals surface area contributed by atoms with Crippen molar-refractivity contribution in [1.29, 1.82) is 0 Å². The number of amides is 1. The average molecular weight is 201 g/mol. The van der Waals surface area contributed by atoms with Crippen LogP contribution in [0.5, 0.6) is 0 Å². The number of carboxylic acid groups (broad SMARTS) is 1. The van der Waals surface area contributed by atoms with Crippen LogP contribution in [-0.4, -0.2) is 39.7 Å². The Hall–Kier alpha value is -1.46. The van der Waals surface area contributed by atoms with Gasteiger partial charge in [0.15, 0.2) is 0 Å². The largest absolute Gasteiger partial charge is 0.465 e. The van der Waals surface area contributed by atoms with E-state index in [1.165, 1.54) is 4.90 Å². The Morgan fingerprint density at radius 1 is 1.57 bits per heavy atom. The molecular weight excluding hydrogens is 186 g/mol. The van der Waals surface area contributed by atoms with Crippen LogP contribution >= 0.6 is 0 Å². The summed E-state index contributed by atoms with van der Waals surface area (Å²) in [4.78, 5) is 12.1. The molecule has 1 heterocycles. The van der Waals surface area contributed by atoms with Crippen molar-refractivity contribution in [3.05, 3.63) is 0 Å². The minimum absolute atomic E-state index is 0.00948. The van der Waals surface area contributed by atoms with Crippen LogP contribution in [0, 0.1) is 5.92 Å². The van der Waals surface area contributed by atoms with E-state index in [9.17, 15) is 4.79 Å². The molecule has 1 aliphatic heterocycles. The number of oxime groups is 1. The van der Waals surface area contributed by atoms with Crippen LogP contribution < -0.4 is 5.73 Å². The van der Waals surface area contributed by atoms with E-state index in [2.05, 4.69) is 5.16 Å². The molecule has 1 aliphatic rings. The van der Waals surface area contributed by atoms with Gasteiger partial charge in [-0.15, -0.1) is 0 Å². The lowest BCUT2D eigenvalue weighted by molar-refractivity contribution is 0.103. The van der Waals surface area contributed by atoms with Crippen molar-refractivity contribution < 1.29 is 15.1 Å². The molecule has 0 aromatic rings. The topological polar surface area (TPSA) is 99.2 Å². The molecule has 1 fully saturated rings. The summed E-state index contributed by atoms with van der Waals surface area (Å²) in [6.45, 7) is 2.17. The summed E-state index contributed by atoms with van der Waals surface area (Å²) in [7, 11) is 0. The number of carbonyl (C=O) groups is 1. The molecule has 0 bridgehead atoms. The first-order valence-electron chi connectivity index (χ1n) is 4.53. The lowest BCUT2D eigenvalue weighted by Gasteiger charge is -2.35. The molecule has 0 aliphatic carbocycles. The number of nitrogens with two attached hydrogens (primary N) is 1. The van der Waals surface area contributed by atoms with Crippen molar-refractivity contribution in [2.24, 2.45) is 16.8 Å². The van der Waals surface area contributed by atoms with Gasteiger partial charge in [-0.3, -0.25) is 0 Å². The minimum atomic E-state index is -0.951. The van der Waals surface area contributed by atoms with E-state index in [4.69, 9.17) is 16.0 Å². The highest BCUT2D eigenvalue weighted by molar-refractivity contribution is 5.83. The molecule has 1 saturated heterocycles. The normalized spacial score (nSPS) is 28.9. The number of hydrogen-bond acceptors (Lipinski definition) is 3. The monoisotopic (exact) mass is 201 g/mol. The van der Waals surface area contributed by atoms with Gasteiger partial charge >= 0.3 is 6.09 Å². The maximum atomic E-state index is 10.8. The number of hydrogen-bond donors (Lipinski definition) is 3. The van der Waals surface area contributed by atoms with Crippen LogP contribution in [-0.2, 0) is 0 Å². The maximum absolute atomic E-state index is 10.8. The Morgan fingerprint density at radius 2 is 2.21 bits per heavy atom. The molecule has 0 aromatic carbocycles. The summed E-state index contributed by atoms with van der Waals surface area (Å²) in [5.74, 6) is -0.0459. The van der Waals surface area contributed by atoms with Gasteiger partial charge in [0.2, 0.25) is 0 Å². The lowest BCUT2D eigenvalue weighted by atomic mass is 9.93. The van der Waals surface area contributed by atoms with Crippen molar-refractivity contribution in [2.45, 2.75) is 25.8 Å². The standard InChI is InChI=1S/C8H15N3O3/c1-5-2-3-6(7(9)10-14)4-11(5)8(12)13/h5-6,14H,2-4H2,1H3,(H2,9,10)(H,12,13). The number of piperidine rings is 1. The van der Waals surface area contributed by atoms with E-state index >= 15 is 0 Å². The molecule has 4 N–H and O–H groups in total. The second-order valence-corrected chi connectivity index (χ2v) is 3.58. The second-order valence-electron chi connectivity index (χ2n) is 3.58. The summed E-state index contributed by atoms with van der Waals surface area (Å²) in [5.41, 5.74) is 5.44. The van der Waals surface area contributed by atoms with Crippen molar-refractivity contribution in [1.82, 2.24) is 4.90 Å². The van der Waals surface area contributed by atoms with Gasteiger partial charge in [0.05, 0.1) is 0 Å². The van der Waals surface area contributed by atoms with E-state index in [0.29, 0.717) is 6.54 Å². The molecule has 0 saturated carbocycles. The first kappa shape index (κ1) is 10.6. The molecule has 14 heavy (non-hydrogen) atoms. The lowest BCUT2D eigenvalue weighted by Crippen LogP contribution is -2.48. The molecule has 1 rings (SSSR count). The highest BCUT2D eigenvalue weighted by atomic mass is 16.4. The second kappa shape index (κ2) is 4.17. The van der Waals surface area contributed by atoms with Crippen molar-refractivity contribution in [3.8, 4) is 0 Å². The smallest absolute Gasteiger partial charge is 0.407 e. The Labute approximate surface area is 82.0 Å². The van der Waals surface area contributed by atoms with Gasteiger partial charge < -0.3 is 20.9 Å². The van der Waals surface area contributed by atoms with Gasteiger partial charge in [0, 0.05) is 18.5 Å². The summed E-state index contributed by atoms with van der Waals surface area (Å²) in [5, 5.41) is 20.2. The fourth-order valence-corrected chi connectivity index (χ4v) is 1.70. The number of nitrogens with zero attached hydrogens (tertiary/aromatic N) is 2. The van der Waals surface area contributed by atoms with Gasteiger partial charge in [-0.2, -0.15) is 0 Å². The highest BCUT2D eigenvalue weighted by Gasteiger charge is 2.30. The molecule has 80 valence electrons. The summed E-state index contributed by atoms with van der Waals surface area (Å²) in [6, 6.07) is 0.00948. The Kier molecular flexibility index (Phi) is 3.16. The van der Waals surface area contributed by atoms with Crippen molar-refractivity contribution in [3.63, 3.8) is 0 Å². The zero-order valence-electron chi connectivity index (χ0n) is 8.05. The minimum Gasteiger partial charge on any atom is -0.465 e. The molecule has 6 nitrogen and oxygen atoms in total. The summed E-state index contributed by atoms with van der Waals surface area (Å²) < 4.78 is 0. The van der Waals surface area contributed by atoms with E-state index in [1.54, 1.807) is 0 Å². The average Bonchev–Trinajstić information content (AvgIpc) is 2.17.